The summed E-state index contributed by atoms with van der Waals surface area (Å²) in [6.45, 7) is 5.57. The molecule has 0 rings (SSSR count). The fourth-order valence-corrected chi connectivity index (χ4v) is 0.962. The molecule has 0 aliphatic heterocycles. The van der Waals surface area contributed by atoms with Crippen molar-refractivity contribution in [2.45, 2.75) is 39.7 Å². The summed E-state index contributed by atoms with van der Waals surface area (Å²) >= 11 is 0. The van der Waals surface area contributed by atoms with Crippen LogP contribution in [0.2, 0.25) is 0 Å². The molecule has 0 fully saturated rings. The second-order valence-electron chi connectivity index (χ2n) is 3.46. The van der Waals surface area contributed by atoms with E-state index in [2.05, 4.69) is 5.32 Å². The van der Waals surface area contributed by atoms with E-state index >= 15 is 0 Å². The molecule has 0 spiro atoms. The Hall–Kier alpha value is -1.06. The van der Waals surface area contributed by atoms with Gasteiger partial charge in [0.05, 0.1) is 0 Å². The molecule has 0 aliphatic rings. The van der Waals surface area contributed by atoms with Crippen LogP contribution in [0.15, 0.2) is 0 Å². The van der Waals surface area contributed by atoms with E-state index < -0.39 is 12.0 Å². The molecule has 1 atom stereocenters. The molecule has 0 saturated heterocycles. The maximum Gasteiger partial charge on any atom is 0.326 e. The Labute approximate surface area is 78.3 Å². The maximum atomic E-state index is 11.2. The molecule has 0 aromatic rings. The number of rotatable bonds is 5. The summed E-state index contributed by atoms with van der Waals surface area (Å²) in [6, 6.07) is -0.744. The molecule has 4 heteroatoms. The monoisotopic (exact) mass is 187 g/mol. The van der Waals surface area contributed by atoms with Gasteiger partial charge in [0.25, 0.3) is 0 Å². The van der Waals surface area contributed by atoms with Gasteiger partial charge < -0.3 is 10.4 Å². The molecule has 13 heavy (non-hydrogen) atoms. The fourth-order valence-electron chi connectivity index (χ4n) is 0.962. The Bertz CT molecular complexity index is 189. The van der Waals surface area contributed by atoms with Crippen LogP contribution in [-0.2, 0) is 9.59 Å². The van der Waals surface area contributed by atoms with Crippen LogP contribution < -0.4 is 5.32 Å². The number of hydrogen-bond acceptors (Lipinski definition) is 2. The van der Waals surface area contributed by atoms with Crippen molar-refractivity contribution < 1.29 is 14.7 Å². The highest BCUT2D eigenvalue weighted by Crippen LogP contribution is 2.00. The highest BCUT2D eigenvalue weighted by atomic mass is 16.4. The van der Waals surface area contributed by atoms with Gasteiger partial charge in [0.2, 0.25) is 5.91 Å². The van der Waals surface area contributed by atoms with E-state index in [1.807, 2.05) is 13.8 Å². The van der Waals surface area contributed by atoms with E-state index in [1.165, 1.54) is 0 Å². The van der Waals surface area contributed by atoms with Crippen LogP contribution in [0.5, 0.6) is 0 Å². The van der Waals surface area contributed by atoms with Gasteiger partial charge in [-0.05, 0) is 12.3 Å². The average Bonchev–Trinajstić information content (AvgIpc) is 1.98. The van der Waals surface area contributed by atoms with E-state index in [0.717, 1.165) is 0 Å². The van der Waals surface area contributed by atoms with Gasteiger partial charge in [-0.1, -0.05) is 20.8 Å². The molecular weight excluding hydrogens is 170 g/mol. The van der Waals surface area contributed by atoms with Gasteiger partial charge in [-0.25, -0.2) is 4.79 Å². The fraction of sp³-hybridized carbons (Fsp3) is 0.778. The summed E-state index contributed by atoms with van der Waals surface area (Å²) in [7, 11) is 0. The van der Waals surface area contributed by atoms with E-state index in [4.69, 9.17) is 5.11 Å². The van der Waals surface area contributed by atoms with Crippen molar-refractivity contribution in [3.63, 3.8) is 0 Å². The molecule has 0 unspecified atom stereocenters. The molecule has 0 heterocycles. The molecule has 0 aromatic carbocycles. The number of amides is 1. The summed E-state index contributed by atoms with van der Waals surface area (Å²) < 4.78 is 0. The second-order valence-corrected chi connectivity index (χ2v) is 3.46. The van der Waals surface area contributed by atoms with Gasteiger partial charge in [-0.15, -0.1) is 0 Å². The first-order valence-corrected chi connectivity index (χ1v) is 4.49. The number of carboxylic acid groups (broad SMARTS) is 1. The van der Waals surface area contributed by atoms with Crippen LogP contribution in [0, 0.1) is 5.92 Å². The molecule has 0 bridgehead atoms. The van der Waals surface area contributed by atoms with E-state index in [-0.39, 0.29) is 11.8 Å². The quantitative estimate of drug-likeness (QED) is 0.675. The van der Waals surface area contributed by atoms with Gasteiger partial charge in [0, 0.05) is 6.42 Å². The van der Waals surface area contributed by atoms with Crippen molar-refractivity contribution in [1.82, 2.24) is 5.32 Å². The maximum absolute atomic E-state index is 11.2. The van der Waals surface area contributed by atoms with Crippen LogP contribution in [0.4, 0.5) is 0 Å². The van der Waals surface area contributed by atoms with Crippen LogP contribution >= 0.6 is 0 Å². The molecule has 4 nitrogen and oxygen atoms in total. The molecular formula is C9H17NO3. The molecule has 2 N–H and O–H groups in total. The molecule has 76 valence electrons. The van der Waals surface area contributed by atoms with Crippen LogP contribution in [0.25, 0.3) is 0 Å². The zero-order valence-electron chi connectivity index (χ0n) is 8.33. The van der Waals surface area contributed by atoms with Crippen molar-refractivity contribution in [2.75, 3.05) is 0 Å². The third kappa shape index (κ3) is 5.22. The third-order valence-electron chi connectivity index (χ3n) is 1.64. The lowest BCUT2D eigenvalue weighted by molar-refractivity contribution is -0.142. The van der Waals surface area contributed by atoms with Gasteiger partial charge in [-0.3, -0.25) is 4.79 Å². The summed E-state index contributed by atoms with van der Waals surface area (Å²) in [4.78, 5) is 21.7. The average molecular weight is 187 g/mol. The molecule has 0 aromatic heterocycles. The SMILES string of the molecule is CC[C@H](NC(=O)CC(C)C)C(=O)O. The predicted molar refractivity (Wildman–Crippen MR) is 49.3 cm³/mol. The predicted octanol–water partition coefficient (Wildman–Crippen LogP) is 1.01. The standard InChI is InChI=1S/C9H17NO3/c1-4-7(9(12)13)10-8(11)5-6(2)3/h6-7H,4-5H2,1-3H3,(H,10,11)(H,12,13)/t7-/m0/s1. The normalized spacial score (nSPS) is 12.6. The van der Waals surface area contributed by atoms with E-state index in [1.54, 1.807) is 6.92 Å². The number of carboxylic acids is 1. The Morgan fingerprint density at radius 2 is 1.92 bits per heavy atom. The number of hydrogen-bond donors (Lipinski definition) is 2. The molecule has 1 amide bonds. The lowest BCUT2D eigenvalue weighted by atomic mass is 10.1. The van der Waals surface area contributed by atoms with Gasteiger partial charge in [-0.2, -0.15) is 0 Å². The molecule has 0 radical (unpaired) electrons. The van der Waals surface area contributed by atoms with Crippen LogP contribution in [-0.4, -0.2) is 23.0 Å². The Morgan fingerprint density at radius 3 is 2.23 bits per heavy atom. The van der Waals surface area contributed by atoms with E-state index in [0.29, 0.717) is 12.8 Å². The van der Waals surface area contributed by atoms with Crippen molar-refractivity contribution in [3.8, 4) is 0 Å². The first kappa shape index (κ1) is 11.9. The van der Waals surface area contributed by atoms with Gasteiger partial charge in [0.1, 0.15) is 6.04 Å². The first-order chi connectivity index (χ1) is 5.97. The van der Waals surface area contributed by atoms with Crippen molar-refractivity contribution in [3.05, 3.63) is 0 Å². The number of carbonyl (C=O) groups excluding carboxylic acids is 1. The summed E-state index contributed by atoms with van der Waals surface area (Å²) in [5, 5.41) is 11.1. The number of aliphatic carboxylic acids is 1. The summed E-state index contributed by atoms with van der Waals surface area (Å²) in [5.41, 5.74) is 0. The zero-order chi connectivity index (χ0) is 10.4. The molecule has 0 saturated carbocycles. The minimum absolute atomic E-state index is 0.191. The topological polar surface area (TPSA) is 66.4 Å². The highest BCUT2D eigenvalue weighted by Gasteiger charge is 2.17. The smallest absolute Gasteiger partial charge is 0.326 e. The lowest BCUT2D eigenvalue weighted by Crippen LogP contribution is -2.40. The second kappa shape index (κ2) is 5.56. The van der Waals surface area contributed by atoms with Crippen molar-refractivity contribution >= 4 is 11.9 Å². The Balaban J connectivity index is 3.94. The molecule has 0 aliphatic carbocycles. The Kier molecular flexibility index (Phi) is 5.11. The van der Waals surface area contributed by atoms with Crippen molar-refractivity contribution in [2.24, 2.45) is 5.92 Å². The van der Waals surface area contributed by atoms with Crippen LogP contribution in [0.3, 0.4) is 0 Å². The van der Waals surface area contributed by atoms with E-state index in [9.17, 15) is 9.59 Å². The lowest BCUT2D eigenvalue weighted by Gasteiger charge is -2.12. The minimum Gasteiger partial charge on any atom is -0.480 e. The minimum atomic E-state index is -0.973. The van der Waals surface area contributed by atoms with Gasteiger partial charge in [0.15, 0.2) is 0 Å². The number of carbonyl (C=O) groups is 2. The van der Waals surface area contributed by atoms with Crippen LogP contribution in [0.1, 0.15) is 33.6 Å². The zero-order valence-corrected chi connectivity index (χ0v) is 8.33. The largest absolute Gasteiger partial charge is 0.480 e. The Morgan fingerprint density at radius 1 is 1.38 bits per heavy atom. The van der Waals surface area contributed by atoms with Gasteiger partial charge >= 0.3 is 5.97 Å². The number of nitrogens with one attached hydrogen (secondary N) is 1. The summed E-state index contributed by atoms with van der Waals surface area (Å²) in [5.74, 6) is -0.907. The third-order valence-corrected chi connectivity index (χ3v) is 1.64. The highest BCUT2D eigenvalue weighted by molar-refractivity contribution is 5.83. The van der Waals surface area contributed by atoms with Crippen molar-refractivity contribution in [1.29, 1.82) is 0 Å². The summed E-state index contributed by atoms with van der Waals surface area (Å²) in [6.07, 6.45) is 0.795. The first-order valence-electron chi connectivity index (χ1n) is 4.49.